The highest BCUT2D eigenvalue weighted by Gasteiger charge is 2.34. The summed E-state index contributed by atoms with van der Waals surface area (Å²) in [5.74, 6) is 0.418. The van der Waals surface area contributed by atoms with Gasteiger partial charge in [-0.1, -0.05) is 38.6 Å². The van der Waals surface area contributed by atoms with Gasteiger partial charge in [0, 0.05) is 30.1 Å². The SMILES string of the molecule is C=C1CN=C(n2cnc(C(F)(F)F)c2)C=C2c3cccc(C)c3CCN12.CC. The number of rotatable bonds is 0. The van der Waals surface area contributed by atoms with Crippen molar-refractivity contribution in [1.82, 2.24) is 14.5 Å². The molecule has 0 amide bonds. The van der Waals surface area contributed by atoms with Gasteiger partial charge in [0.1, 0.15) is 12.2 Å². The van der Waals surface area contributed by atoms with E-state index in [-0.39, 0.29) is 0 Å². The lowest BCUT2D eigenvalue weighted by Gasteiger charge is -2.34. The lowest BCUT2D eigenvalue weighted by molar-refractivity contribution is -0.140. The van der Waals surface area contributed by atoms with Crippen molar-refractivity contribution in [3.05, 3.63) is 71.5 Å². The Bertz CT molecular complexity index is 951. The topological polar surface area (TPSA) is 33.4 Å². The number of aromatic nitrogens is 2. The first kappa shape index (κ1) is 19.9. The maximum atomic E-state index is 12.9. The molecule has 0 radical (unpaired) electrons. The number of hydrogen-bond donors (Lipinski definition) is 0. The molecule has 0 saturated carbocycles. The first-order valence-corrected chi connectivity index (χ1v) is 9.26. The van der Waals surface area contributed by atoms with Gasteiger partial charge in [-0.3, -0.25) is 9.56 Å². The maximum Gasteiger partial charge on any atom is 0.434 e. The number of imidazole rings is 1. The van der Waals surface area contributed by atoms with Crippen LogP contribution < -0.4 is 0 Å². The summed E-state index contributed by atoms with van der Waals surface area (Å²) in [4.78, 5) is 10.0. The first-order chi connectivity index (χ1) is 13.3. The van der Waals surface area contributed by atoms with E-state index in [2.05, 4.69) is 34.4 Å². The van der Waals surface area contributed by atoms with Crippen molar-refractivity contribution in [3.63, 3.8) is 0 Å². The molecule has 1 aromatic carbocycles. The molecule has 2 aliphatic rings. The number of aryl methyl sites for hydroxylation is 1. The third kappa shape index (κ3) is 3.61. The quantitative estimate of drug-likeness (QED) is 0.643. The zero-order valence-electron chi connectivity index (χ0n) is 16.2. The van der Waals surface area contributed by atoms with Gasteiger partial charge in [-0.25, -0.2) is 4.98 Å². The molecule has 0 N–H and O–H groups in total. The number of halogens is 3. The van der Waals surface area contributed by atoms with E-state index in [0.717, 1.165) is 42.4 Å². The lowest BCUT2D eigenvalue weighted by Crippen LogP contribution is -2.29. The fraction of sp³-hybridized carbons (Fsp3) is 0.333. The van der Waals surface area contributed by atoms with Gasteiger partial charge in [0.15, 0.2) is 5.69 Å². The predicted molar refractivity (Wildman–Crippen MR) is 105 cm³/mol. The minimum Gasteiger partial charge on any atom is -0.343 e. The van der Waals surface area contributed by atoms with Crippen LogP contribution in [0.5, 0.6) is 0 Å². The van der Waals surface area contributed by atoms with E-state index in [1.807, 2.05) is 32.1 Å². The van der Waals surface area contributed by atoms with Crippen molar-refractivity contribution < 1.29 is 13.2 Å². The van der Waals surface area contributed by atoms with E-state index < -0.39 is 11.9 Å². The summed E-state index contributed by atoms with van der Waals surface area (Å²) in [6.45, 7) is 11.3. The summed E-state index contributed by atoms with van der Waals surface area (Å²) in [5.41, 5.74) is 4.35. The van der Waals surface area contributed by atoms with Crippen molar-refractivity contribution in [2.75, 3.05) is 13.1 Å². The minimum atomic E-state index is -4.48. The van der Waals surface area contributed by atoms with Gasteiger partial charge in [0.25, 0.3) is 0 Å². The summed E-state index contributed by atoms with van der Waals surface area (Å²) >= 11 is 0. The molecule has 2 aliphatic heterocycles. The van der Waals surface area contributed by atoms with Crippen LogP contribution in [0.15, 0.2) is 54.1 Å². The third-order valence-electron chi connectivity index (χ3n) is 4.77. The Balaban J connectivity index is 0.00000109. The number of alkyl halides is 3. The first-order valence-electron chi connectivity index (χ1n) is 9.26. The van der Waals surface area contributed by atoms with Crippen molar-refractivity contribution in [1.29, 1.82) is 0 Å². The monoisotopic (exact) mass is 388 g/mol. The summed E-state index contributed by atoms with van der Waals surface area (Å²) in [7, 11) is 0. The molecule has 0 atom stereocenters. The Hall–Kier alpha value is -2.83. The highest BCUT2D eigenvalue weighted by atomic mass is 19.4. The van der Waals surface area contributed by atoms with E-state index in [0.29, 0.717) is 12.4 Å². The Morgan fingerprint density at radius 3 is 2.61 bits per heavy atom. The van der Waals surface area contributed by atoms with Crippen LogP contribution in [-0.2, 0) is 12.6 Å². The van der Waals surface area contributed by atoms with Gasteiger partial charge in [0.05, 0.1) is 12.2 Å². The molecule has 0 aliphatic carbocycles. The highest BCUT2D eigenvalue weighted by molar-refractivity contribution is 6.01. The summed E-state index contributed by atoms with van der Waals surface area (Å²) in [6.07, 6.45) is 0.355. The molecule has 4 nitrogen and oxygen atoms in total. The van der Waals surface area contributed by atoms with Crippen molar-refractivity contribution in [2.24, 2.45) is 4.99 Å². The average molecular weight is 388 g/mol. The summed E-state index contributed by atoms with van der Waals surface area (Å²) < 4.78 is 39.9. The Labute approximate surface area is 162 Å². The molecule has 28 heavy (non-hydrogen) atoms. The molecule has 4 rings (SSSR count). The van der Waals surface area contributed by atoms with Crippen LogP contribution in [0.4, 0.5) is 13.2 Å². The zero-order chi connectivity index (χ0) is 20.5. The fourth-order valence-electron chi connectivity index (χ4n) is 3.42. The van der Waals surface area contributed by atoms with Crippen molar-refractivity contribution in [2.45, 2.75) is 33.4 Å². The largest absolute Gasteiger partial charge is 0.434 e. The van der Waals surface area contributed by atoms with Gasteiger partial charge in [-0.15, -0.1) is 0 Å². The zero-order valence-corrected chi connectivity index (χ0v) is 16.2. The van der Waals surface area contributed by atoms with E-state index >= 15 is 0 Å². The highest BCUT2D eigenvalue weighted by Crippen LogP contribution is 2.34. The average Bonchev–Trinajstić information content (AvgIpc) is 3.11. The summed E-state index contributed by atoms with van der Waals surface area (Å²) in [5, 5.41) is 0. The molecule has 148 valence electrons. The second-order valence-electron chi connectivity index (χ2n) is 6.44. The maximum absolute atomic E-state index is 12.9. The van der Waals surface area contributed by atoms with E-state index in [1.54, 1.807) is 0 Å². The molecular weight excluding hydrogens is 365 g/mol. The summed E-state index contributed by atoms with van der Waals surface area (Å²) in [6, 6.07) is 6.09. The van der Waals surface area contributed by atoms with Gasteiger partial charge < -0.3 is 4.90 Å². The van der Waals surface area contributed by atoms with E-state index in [4.69, 9.17) is 0 Å². The van der Waals surface area contributed by atoms with Crippen LogP contribution in [0.1, 0.15) is 36.2 Å². The number of fused-ring (bicyclic) bond motifs is 3. The van der Waals surface area contributed by atoms with Crippen LogP contribution in [0.3, 0.4) is 0 Å². The van der Waals surface area contributed by atoms with Gasteiger partial charge in [0.2, 0.25) is 0 Å². The third-order valence-corrected chi connectivity index (χ3v) is 4.77. The number of aliphatic imine (C=N–C) groups is 1. The Kier molecular flexibility index (Phi) is 5.45. The fourth-order valence-corrected chi connectivity index (χ4v) is 3.42. The second-order valence-corrected chi connectivity index (χ2v) is 6.44. The predicted octanol–water partition coefficient (Wildman–Crippen LogP) is 4.91. The van der Waals surface area contributed by atoms with E-state index in [1.165, 1.54) is 15.7 Å². The van der Waals surface area contributed by atoms with Gasteiger partial charge in [-0.05, 0) is 24.5 Å². The molecule has 2 aromatic rings. The van der Waals surface area contributed by atoms with Crippen LogP contribution in [0, 0.1) is 6.92 Å². The second kappa shape index (κ2) is 7.66. The molecule has 0 saturated heterocycles. The Morgan fingerprint density at radius 1 is 1.18 bits per heavy atom. The molecule has 7 heteroatoms. The number of nitrogens with zero attached hydrogens (tertiary/aromatic N) is 4. The van der Waals surface area contributed by atoms with E-state index in [9.17, 15) is 13.2 Å². The molecule has 0 spiro atoms. The lowest BCUT2D eigenvalue weighted by atomic mass is 9.92. The van der Waals surface area contributed by atoms with Crippen molar-refractivity contribution >= 4 is 11.5 Å². The standard InChI is InChI=1S/C19H17F3N4.C2H6/c1-12-4-3-5-15-14(12)6-7-26-13(2)9-23-18(8-16(15)26)25-10-17(24-11-25)19(20,21)22;1-2/h3-5,8,10-11H,2,6-7,9H2,1H3;1-2H3. The number of benzene rings is 1. The van der Waals surface area contributed by atoms with Crippen LogP contribution in [0.2, 0.25) is 0 Å². The number of allylic oxidation sites excluding steroid dienone is 1. The van der Waals surface area contributed by atoms with Gasteiger partial charge in [-0.2, -0.15) is 13.2 Å². The molecule has 0 bridgehead atoms. The molecule has 0 unspecified atom stereocenters. The minimum absolute atomic E-state index is 0.329. The normalized spacial score (nSPS) is 16.2. The molecular formula is C21H23F3N4. The number of hydrogen-bond acceptors (Lipinski definition) is 3. The van der Waals surface area contributed by atoms with Crippen LogP contribution in [-0.4, -0.2) is 33.4 Å². The molecule has 3 heterocycles. The van der Waals surface area contributed by atoms with Crippen LogP contribution >= 0.6 is 0 Å². The van der Waals surface area contributed by atoms with Crippen molar-refractivity contribution in [3.8, 4) is 0 Å². The molecule has 0 fully saturated rings. The Morgan fingerprint density at radius 2 is 1.93 bits per heavy atom. The van der Waals surface area contributed by atoms with Gasteiger partial charge >= 0.3 is 6.18 Å². The molecule has 1 aromatic heterocycles. The van der Waals surface area contributed by atoms with Crippen LogP contribution in [0.25, 0.3) is 5.70 Å². The smallest absolute Gasteiger partial charge is 0.343 e.